The van der Waals surface area contributed by atoms with Gasteiger partial charge < -0.3 is 5.32 Å². The van der Waals surface area contributed by atoms with E-state index in [0.717, 1.165) is 20.8 Å². The van der Waals surface area contributed by atoms with E-state index in [-0.39, 0.29) is 0 Å². The lowest BCUT2D eigenvalue weighted by atomic mass is 9.78. The summed E-state index contributed by atoms with van der Waals surface area (Å²) in [5.74, 6) is 1.49. The first-order valence-electron chi connectivity index (χ1n) is 6.71. The van der Waals surface area contributed by atoms with E-state index in [1.807, 2.05) is 0 Å². The molecule has 0 aromatic heterocycles. The van der Waals surface area contributed by atoms with Gasteiger partial charge in [0, 0.05) is 15.0 Å². The molecular formula is C15H21Br2N. The zero-order valence-electron chi connectivity index (χ0n) is 11.3. The average Bonchev–Trinajstić information content (AvgIpc) is 2.26. The van der Waals surface area contributed by atoms with Crippen LogP contribution in [0.25, 0.3) is 0 Å². The molecule has 1 nitrogen and oxygen atoms in total. The van der Waals surface area contributed by atoms with Crippen molar-refractivity contribution in [1.82, 2.24) is 0 Å². The van der Waals surface area contributed by atoms with Crippen LogP contribution in [0.2, 0.25) is 0 Å². The third kappa shape index (κ3) is 3.11. The lowest BCUT2D eigenvalue weighted by Crippen LogP contribution is -2.37. The summed E-state index contributed by atoms with van der Waals surface area (Å²) in [7, 11) is 0. The normalized spacial score (nSPS) is 28.2. The molecule has 0 saturated heterocycles. The van der Waals surface area contributed by atoms with E-state index in [4.69, 9.17) is 0 Å². The Kier molecular flexibility index (Phi) is 4.76. The van der Waals surface area contributed by atoms with Gasteiger partial charge in [0.25, 0.3) is 0 Å². The van der Waals surface area contributed by atoms with E-state index in [1.165, 1.54) is 30.5 Å². The van der Waals surface area contributed by atoms with Crippen molar-refractivity contribution in [2.45, 2.75) is 46.1 Å². The van der Waals surface area contributed by atoms with Crippen LogP contribution in [0, 0.1) is 18.8 Å². The highest BCUT2D eigenvalue weighted by atomic mass is 79.9. The predicted molar refractivity (Wildman–Crippen MR) is 86.2 cm³/mol. The molecule has 3 heteroatoms. The molecule has 1 N–H and O–H groups in total. The SMILES string of the molecule is Cc1cc(Br)c(NC2C(C)CCCC2C)c(Br)c1. The minimum absolute atomic E-state index is 0.578. The summed E-state index contributed by atoms with van der Waals surface area (Å²) in [6.45, 7) is 6.85. The van der Waals surface area contributed by atoms with Crippen molar-refractivity contribution < 1.29 is 0 Å². The molecule has 2 rings (SSSR count). The van der Waals surface area contributed by atoms with E-state index >= 15 is 0 Å². The fourth-order valence-electron chi connectivity index (χ4n) is 2.97. The second kappa shape index (κ2) is 5.96. The maximum absolute atomic E-state index is 3.75. The Morgan fingerprint density at radius 1 is 1.06 bits per heavy atom. The van der Waals surface area contributed by atoms with Crippen LogP contribution < -0.4 is 5.32 Å². The minimum Gasteiger partial charge on any atom is -0.380 e. The third-order valence-corrected chi connectivity index (χ3v) is 5.29. The first kappa shape index (κ1) is 14.4. The Labute approximate surface area is 127 Å². The first-order valence-corrected chi connectivity index (χ1v) is 8.30. The van der Waals surface area contributed by atoms with Crippen molar-refractivity contribution in [1.29, 1.82) is 0 Å². The topological polar surface area (TPSA) is 12.0 Å². The van der Waals surface area contributed by atoms with E-state index in [1.54, 1.807) is 0 Å². The molecule has 0 radical (unpaired) electrons. The van der Waals surface area contributed by atoms with Crippen molar-refractivity contribution in [3.05, 3.63) is 26.6 Å². The minimum atomic E-state index is 0.578. The number of benzene rings is 1. The fraction of sp³-hybridized carbons (Fsp3) is 0.600. The van der Waals surface area contributed by atoms with Gasteiger partial charge in [0.1, 0.15) is 0 Å². The Hall–Kier alpha value is -0.0200. The largest absolute Gasteiger partial charge is 0.380 e. The number of anilines is 1. The summed E-state index contributed by atoms with van der Waals surface area (Å²) in [5.41, 5.74) is 2.47. The third-order valence-electron chi connectivity index (χ3n) is 4.04. The van der Waals surface area contributed by atoms with Crippen LogP contribution in [0.5, 0.6) is 0 Å². The molecule has 1 aromatic carbocycles. The highest BCUT2D eigenvalue weighted by Crippen LogP contribution is 2.37. The second-order valence-corrected chi connectivity index (χ2v) is 7.37. The highest BCUT2D eigenvalue weighted by Gasteiger charge is 2.28. The van der Waals surface area contributed by atoms with Gasteiger partial charge in [0.05, 0.1) is 5.69 Å². The highest BCUT2D eigenvalue weighted by molar-refractivity contribution is 9.11. The van der Waals surface area contributed by atoms with Gasteiger partial charge in [-0.15, -0.1) is 0 Å². The zero-order valence-corrected chi connectivity index (χ0v) is 14.4. The average molecular weight is 375 g/mol. The van der Waals surface area contributed by atoms with Gasteiger partial charge in [0.2, 0.25) is 0 Å². The van der Waals surface area contributed by atoms with Crippen LogP contribution in [0.1, 0.15) is 38.7 Å². The smallest absolute Gasteiger partial charge is 0.0631 e. The van der Waals surface area contributed by atoms with Crippen LogP contribution >= 0.6 is 31.9 Å². The van der Waals surface area contributed by atoms with Crippen LogP contribution in [0.3, 0.4) is 0 Å². The molecule has 0 spiro atoms. The van der Waals surface area contributed by atoms with Crippen LogP contribution in [0.4, 0.5) is 5.69 Å². The molecule has 0 aliphatic heterocycles. The number of aryl methyl sites for hydroxylation is 1. The van der Waals surface area contributed by atoms with Crippen molar-refractivity contribution in [2.75, 3.05) is 5.32 Å². The quantitative estimate of drug-likeness (QED) is 0.694. The van der Waals surface area contributed by atoms with Crippen molar-refractivity contribution >= 4 is 37.5 Å². The molecule has 100 valence electrons. The van der Waals surface area contributed by atoms with Gasteiger partial charge >= 0.3 is 0 Å². The molecule has 1 aromatic rings. The maximum Gasteiger partial charge on any atom is 0.0631 e. The molecule has 2 atom stereocenters. The van der Waals surface area contributed by atoms with Gasteiger partial charge in [0.15, 0.2) is 0 Å². The molecular weight excluding hydrogens is 354 g/mol. The van der Waals surface area contributed by atoms with E-state index in [2.05, 4.69) is 70.1 Å². The summed E-state index contributed by atoms with van der Waals surface area (Å²) in [5, 5.41) is 3.75. The molecule has 1 fully saturated rings. The molecule has 0 amide bonds. The summed E-state index contributed by atoms with van der Waals surface area (Å²) >= 11 is 7.34. The van der Waals surface area contributed by atoms with Crippen LogP contribution in [-0.2, 0) is 0 Å². The molecule has 1 saturated carbocycles. The molecule has 1 aliphatic carbocycles. The Morgan fingerprint density at radius 2 is 1.56 bits per heavy atom. The fourth-order valence-corrected chi connectivity index (χ4v) is 4.61. The number of rotatable bonds is 2. The van der Waals surface area contributed by atoms with Crippen molar-refractivity contribution in [3.8, 4) is 0 Å². The Balaban J connectivity index is 2.23. The lowest BCUT2D eigenvalue weighted by Gasteiger charge is -2.36. The van der Waals surface area contributed by atoms with Gasteiger partial charge in [-0.25, -0.2) is 0 Å². The van der Waals surface area contributed by atoms with Gasteiger partial charge in [-0.05, 0) is 81.2 Å². The lowest BCUT2D eigenvalue weighted by molar-refractivity contribution is 0.268. The number of nitrogens with one attached hydrogen (secondary N) is 1. The predicted octanol–water partition coefficient (Wildman–Crippen LogP) is 5.76. The molecule has 2 unspecified atom stereocenters. The summed E-state index contributed by atoms with van der Waals surface area (Å²) in [4.78, 5) is 0. The Morgan fingerprint density at radius 3 is 2.06 bits per heavy atom. The number of halogens is 2. The van der Waals surface area contributed by atoms with Crippen molar-refractivity contribution in [3.63, 3.8) is 0 Å². The molecule has 18 heavy (non-hydrogen) atoms. The monoisotopic (exact) mass is 373 g/mol. The van der Waals surface area contributed by atoms with Crippen LogP contribution in [-0.4, -0.2) is 6.04 Å². The van der Waals surface area contributed by atoms with E-state index in [0.29, 0.717) is 6.04 Å². The van der Waals surface area contributed by atoms with E-state index in [9.17, 15) is 0 Å². The summed E-state index contributed by atoms with van der Waals surface area (Å²) in [6, 6.07) is 4.92. The van der Waals surface area contributed by atoms with E-state index < -0.39 is 0 Å². The molecule has 0 bridgehead atoms. The standard InChI is InChI=1S/C15H21Br2N/c1-9-7-12(16)15(13(17)8-9)18-14-10(2)5-4-6-11(14)3/h7-8,10-11,14,18H,4-6H2,1-3H3. The zero-order chi connectivity index (χ0) is 13.3. The Bertz CT molecular complexity index is 397. The van der Waals surface area contributed by atoms with Crippen LogP contribution in [0.15, 0.2) is 21.1 Å². The van der Waals surface area contributed by atoms with Gasteiger partial charge in [-0.2, -0.15) is 0 Å². The number of hydrogen-bond donors (Lipinski definition) is 1. The summed E-state index contributed by atoms with van der Waals surface area (Å²) in [6.07, 6.45) is 4.04. The summed E-state index contributed by atoms with van der Waals surface area (Å²) < 4.78 is 2.30. The first-order chi connectivity index (χ1) is 8.49. The van der Waals surface area contributed by atoms with Gasteiger partial charge in [-0.1, -0.05) is 20.3 Å². The molecule has 0 heterocycles. The van der Waals surface area contributed by atoms with Gasteiger partial charge in [-0.3, -0.25) is 0 Å². The second-order valence-electron chi connectivity index (χ2n) is 5.66. The maximum atomic E-state index is 3.75. The van der Waals surface area contributed by atoms with Crippen molar-refractivity contribution in [2.24, 2.45) is 11.8 Å². The number of hydrogen-bond acceptors (Lipinski definition) is 1. The molecule has 1 aliphatic rings.